The molecule has 1 N–H and O–H groups in total. The molecule has 0 radical (unpaired) electrons. The molecule has 4 nitrogen and oxygen atoms in total. The molecule has 0 spiro atoms. The molecule has 6 heteroatoms. The van der Waals surface area contributed by atoms with Gasteiger partial charge in [0.05, 0.1) is 0 Å². The molecule has 0 unspecified atom stereocenters. The van der Waals surface area contributed by atoms with Crippen molar-refractivity contribution in [3.63, 3.8) is 0 Å². The summed E-state index contributed by atoms with van der Waals surface area (Å²) in [6.07, 6.45) is 6.38. The number of hydrogen-bond donors (Lipinski definition) is 1. The van der Waals surface area contributed by atoms with E-state index in [2.05, 4.69) is 29.6 Å². The van der Waals surface area contributed by atoms with Crippen molar-refractivity contribution in [3.05, 3.63) is 81.8 Å². The number of halogens is 2. The largest absolute Gasteiger partial charge is 0.352 e. The van der Waals surface area contributed by atoms with Gasteiger partial charge in [-0.05, 0) is 60.2 Å². The topological polar surface area (TPSA) is 49.4 Å². The summed E-state index contributed by atoms with van der Waals surface area (Å²) in [4.78, 5) is 28.4. The van der Waals surface area contributed by atoms with Crippen LogP contribution >= 0.6 is 23.2 Å². The molecule has 0 saturated heterocycles. The average molecular weight is 511 g/mol. The van der Waals surface area contributed by atoms with Gasteiger partial charge in [-0.3, -0.25) is 9.59 Å². The Kier molecular flexibility index (Phi) is 8.69. The highest BCUT2D eigenvalue weighted by molar-refractivity contribution is 6.35. The van der Waals surface area contributed by atoms with E-state index in [-0.39, 0.29) is 24.4 Å². The summed E-state index contributed by atoms with van der Waals surface area (Å²) >= 11 is 12.5. The number of nitrogens with zero attached hydrogens (tertiary/aromatic N) is 1. The van der Waals surface area contributed by atoms with Gasteiger partial charge in [0.2, 0.25) is 11.8 Å². The molecule has 184 valence electrons. The molecular formula is C29H32Cl2N2O2. The van der Waals surface area contributed by atoms with E-state index in [1.54, 1.807) is 24.0 Å². The Hall–Kier alpha value is -2.56. The number of nitrogens with one attached hydrogen (secondary N) is 1. The van der Waals surface area contributed by atoms with Crippen LogP contribution in [-0.4, -0.2) is 28.8 Å². The Morgan fingerprint density at radius 2 is 1.71 bits per heavy atom. The molecule has 35 heavy (non-hydrogen) atoms. The number of carbonyl (C=O) groups excluding carboxylic acids is 2. The molecule has 0 aliphatic heterocycles. The SMILES string of the molecule is C[C@@H](C(=O)NC1CCCCC1)N(Cc1ccc(Cl)cc1Cl)C(=O)CCc1cccc2ccccc12. The lowest BCUT2D eigenvalue weighted by atomic mass is 9.95. The zero-order valence-electron chi connectivity index (χ0n) is 20.1. The highest BCUT2D eigenvalue weighted by Crippen LogP contribution is 2.25. The Labute approximate surface area is 217 Å². The first-order valence-electron chi connectivity index (χ1n) is 12.4. The third-order valence-electron chi connectivity index (χ3n) is 6.96. The lowest BCUT2D eigenvalue weighted by Gasteiger charge is -2.31. The maximum atomic E-state index is 13.6. The van der Waals surface area contributed by atoms with Crippen LogP contribution in [0, 0.1) is 0 Å². The lowest BCUT2D eigenvalue weighted by Crippen LogP contribution is -2.50. The minimum Gasteiger partial charge on any atom is -0.352 e. The molecule has 1 atom stereocenters. The summed E-state index contributed by atoms with van der Waals surface area (Å²) in [7, 11) is 0. The summed E-state index contributed by atoms with van der Waals surface area (Å²) in [6.45, 7) is 2.06. The van der Waals surface area contributed by atoms with Crippen LogP contribution in [0.5, 0.6) is 0 Å². The fraction of sp³-hybridized carbons (Fsp3) is 0.379. The number of amides is 2. The monoisotopic (exact) mass is 510 g/mol. The summed E-state index contributed by atoms with van der Waals surface area (Å²) in [5.74, 6) is -0.184. The summed E-state index contributed by atoms with van der Waals surface area (Å²) in [5, 5.41) is 6.51. The van der Waals surface area contributed by atoms with Crippen molar-refractivity contribution >= 4 is 45.8 Å². The summed E-state index contributed by atoms with van der Waals surface area (Å²) in [5.41, 5.74) is 1.90. The Morgan fingerprint density at radius 1 is 0.971 bits per heavy atom. The Morgan fingerprint density at radius 3 is 2.49 bits per heavy atom. The van der Waals surface area contributed by atoms with Crippen LogP contribution in [0.3, 0.4) is 0 Å². The fourth-order valence-corrected chi connectivity index (χ4v) is 5.35. The second-order valence-corrected chi connectivity index (χ2v) is 10.3. The van der Waals surface area contributed by atoms with Gasteiger partial charge in [-0.1, -0.05) is 91.0 Å². The maximum absolute atomic E-state index is 13.6. The molecule has 1 saturated carbocycles. The van der Waals surface area contributed by atoms with Crippen molar-refractivity contribution in [1.82, 2.24) is 10.2 Å². The molecule has 1 aliphatic carbocycles. The molecular weight excluding hydrogens is 479 g/mol. The normalized spacial score (nSPS) is 15.1. The third kappa shape index (κ3) is 6.56. The molecule has 2 amide bonds. The second-order valence-electron chi connectivity index (χ2n) is 9.42. The number of hydrogen-bond acceptors (Lipinski definition) is 2. The van der Waals surface area contributed by atoms with Crippen LogP contribution in [0.4, 0.5) is 0 Å². The zero-order valence-corrected chi connectivity index (χ0v) is 21.6. The van der Waals surface area contributed by atoms with E-state index >= 15 is 0 Å². The van der Waals surface area contributed by atoms with Crippen LogP contribution in [-0.2, 0) is 22.6 Å². The molecule has 3 aromatic carbocycles. The zero-order chi connectivity index (χ0) is 24.8. The van der Waals surface area contributed by atoms with Gasteiger partial charge in [0.25, 0.3) is 0 Å². The average Bonchev–Trinajstić information content (AvgIpc) is 2.87. The van der Waals surface area contributed by atoms with Crippen molar-refractivity contribution in [2.24, 2.45) is 0 Å². The predicted octanol–water partition coefficient (Wildman–Crippen LogP) is 6.95. The minimum atomic E-state index is -0.608. The van der Waals surface area contributed by atoms with E-state index in [0.717, 1.165) is 47.6 Å². The van der Waals surface area contributed by atoms with E-state index in [9.17, 15) is 9.59 Å². The number of fused-ring (bicyclic) bond motifs is 1. The first kappa shape index (κ1) is 25.5. The van der Waals surface area contributed by atoms with Gasteiger partial charge in [0.1, 0.15) is 6.04 Å². The van der Waals surface area contributed by atoms with Gasteiger partial charge < -0.3 is 10.2 Å². The number of aryl methyl sites for hydroxylation is 1. The van der Waals surface area contributed by atoms with E-state index in [4.69, 9.17) is 23.2 Å². The second kappa shape index (κ2) is 11.9. The van der Waals surface area contributed by atoms with Crippen molar-refractivity contribution < 1.29 is 9.59 Å². The lowest BCUT2D eigenvalue weighted by molar-refractivity contribution is -0.141. The van der Waals surface area contributed by atoms with Crippen LogP contribution in [0.1, 0.15) is 56.6 Å². The minimum absolute atomic E-state index is 0.0738. The molecule has 1 aliphatic rings. The van der Waals surface area contributed by atoms with Crippen LogP contribution in [0.25, 0.3) is 10.8 Å². The maximum Gasteiger partial charge on any atom is 0.242 e. The number of benzene rings is 3. The smallest absolute Gasteiger partial charge is 0.242 e. The molecule has 4 rings (SSSR count). The van der Waals surface area contributed by atoms with Gasteiger partial charge in [0, 0.05) is 29.1 Å². The molecule has 1 fully saturated rings. The van der Waals surface area contributed by atoms with Crippen LogP contribution in [0.15, 0.2) is 60.7 Å². The number of rotatable bonds is 8. The standard InChI is InChI=1S/C29H32Cl2N2O2/c1-20(29(35)32-25-11-3-2-4-12-25)33(19-23-14-16-24(30)18-27(23)31)28(34)17-15-22-10-7-9-21-8-5-6-13-26(21)22/h5-10,13-14,16,18,20,25H,2-4,11-12,15,17,19H2,1H3,(H,32,35)/t20-/m0/s1. The van der Waals surface area contributed by atoms with Crippen LogP contribution in [0.2, 0.25) is 10.0 Å². The molecule has 0 heterocycles. The summed E-state index contributed by atoms with van der Waals surface area (Å²) < 4.78 is 0. The van der Waals surface area contributed by atoms with Gasteiger partial charge in [-0.15, -0.1) is 0 Å². The fourth-order valence-electron chi connectivity index (χ4n) is 4.88. The highest BCUT2D eigenvalue weighted by atomic mass is 35.5. The molecule has 0 bridgehead atoms. The van der Waals surface area contributed by atoms with Gasteiger partial charge in [0.15, 0.2) is 0 Å². The predicted molar refractivity (Wildman–Crippen MR) is 144 cm³/mol. The van der Waals surface area contributed by atoms with Crippen LogP contribution < -0.4 is 5.32 Å². The van der Waals surface area contributed by atoms with Crippen molar-refractivity contribution in [2.75, 3.05) is 0 Å². The van der Waals surface area contributed by atoms with E-state index in [1.807, 2.05) is 24.3 Å². The van der Waals surface area contributed by atoms with Gasteiger partial charge in [-0.25, -0.2) is 0 Å². The van der Waals surface area contributed by atoms with E-state index < -0.39 is 6.04 Å². The van der Waals surface area contributed by atoms with Gasteiger partial charge >= 0.3 is 0 Å². The highest BCUT2D eigenvalue weighted by Gasteiger charge is 2.28. The van der Waals surface area contributed by atoms with Crippen molar-refractivity contribution in [2.45, 2.75) is 70.5 Å². The van der Waals surface area contributed by atoms with Crippen molar-refractivity contribution in [3.8, 4) is 0 Å². The third-order valence-corrected chi connectivity index (χ3v) is 7.55. The Balaban J connectivity index is 1.52. The summed E-state index contributed by atoms with van der Waals surface area (Å²) in [6, 6.07) is 19.2. The van der Waals surface area contributed by atoms with Crippen molar-refractivity contribution in [1.29, 1.82) is 0 Å². The van der Waals surface area contributed by atoms with Gasteiger partial charge in [-0.2, -0.15) is 0 Å². The first-order chi connectivity index (χ1) is 16.9. The van der Waals surface area contributed by atoms with E-state index in [1.165, 1.54) is 6.42 Å². The molecule has 0 aromatic heterocycles. The Bertz CT molecular complexity index is 1190. The quantitative estimate of drug-likeness (QED) is 0.356. The molecule has 3 aromatic rings. The van der Waals surface area contributed by atoms with E-state index in [0.29, 0.717) is 22.9 Å². The number of carbonyl (C=O) groups is 2. The first-order valence-corrected chi connectivity index (χ1v) is 13.2.